The SMILES string of the molecule is COc1ccccc1CCN(C)C(=O)NCc1cccc(Cl)c1. The lowest BCUT2D eigenvalue weighted by molar-refractivity contribution is 0.208. The van der Waals surface area contributed by atoms with Crippen molar-refractivity contribution in [3.63, 3.8) is 0 Å². The van der Waals surface area contributed by atoms with Crippen LogP contribution in [0.2, 0.25) is 5.02 Å². The predicted molar refractivity (Wildman–Crippen MR) is 93.0 cm³/mol. The van der Waals surface area contributed by atoms with E-state index in [2.05, 4.69) is 5.32 Å². The van der Waals surface area contributed by atoms with Crippen LogP contribution in [0, 0.1) is 0 Å². The number of nitrogens with zero attached hydrogens (tertiary/aromatic N) is 1. The molecule has 0 aliphatic heterocycles. The molecule has 2 amide bonds. The van der Waals surface area contributed by atoms with E-state index >= 15 is 0 Å². The number of hydrogen-bond acceptors (Lipinski definition) is 2. The number of benzene rings is 2. The minimum absolute atomic E-state index is 0.111. The predicted octanol–water partition coefficient (Wildman–Crippen LogP) is 3.73. The van der Waals surface area contributed by atoms with Gasteiger partial charge in [-0.1, -0.05) is 41.9 Å². The highest BCUT2D eigenvalue weighted by atomic mass is 35.5. The first-order valence-electron chi connectivity index (χ1n) is 7.45. The number of carbonyl (C=O) groups excluding carboxylic acids is 1. The van der Waals surface area contributed by atoms with Crippen LogP contribution >= 0.6 is 11.6 Å². The van der Waals surface area contributed by atoms with Gasteiger partial charge in [0.1, 0.15) is 5.75 Å². The topological polar surface area (TPSA) is 41.6 Å². The number of para-hydroxylation sites is 1. The zero-order valence-corrected chi connectivity index (χ0v) is 14.1. The van der Waals surface area contributed by atoms with Crippen molar-refractivity contribution in [2.45, 2.75) is 13.0 Å². The zero-order valence-electron chi connectivity index (χ0n) is 13.4. The average molecular weight is 333 g/mol. The van der Waals surface area contributed by atoms with E-state index < -0.39 is 0 Å². The third-order valence-electron chi connectivity index (χ3n) is 3.59. The van der Waals surface area contributed by atoms with Crippen molar-refractivity contribution in [3.8, 4) is 5.75 Å². The molecular formula is C18H21ClN2O2. The molecule has 0 saturated heterocycles. The second-order valence-corrected chi connectivity index (χ2v) is 5.71. The molecule has 0 aliphatic rings. The van der Waals surface area contributed by atoms with Crippen molar-refractivity contribution < 1.29 is 9.53 Å². The Morgan fingerprint density at radius 3 is 2.74 bits per heavy atom. The summed E-state index contributed by atoms with van der Waals surface area (Å²) in [7, 11) is 3.43. The highest BCUT2D eigenvalue weighted by Crippen LogP contribution is 2.17. The fourth-order valence-corrected chi connectivity index (χ4v) is 2.47. The van der Waals surface area contributed by atoms with Crippen LogP contribution < -0.4 is 10.1 Å². The van der Waals surface area contributed by atoms with Gasteiger partial charge in [0.05, 0.1) is 7.11 Å². The molecule has 0 bridgehead atoms. The number of amides is 2. The fraction of sp³-hybridized carbons (Fsp3) is 0.278. The number of nitrogens with one attached hydrogen (secondary N) is 1. The molecule has 4 nitrogen and oxygen atoms in total. The van der Waals surface area contributed by atoms with E-state index in [0.717, 1.165) is 23.3 Å². The molecule has 23 heavy (non-hydrogen) atoms. The van der Waals surface area contributed by atoms with Crippen LogP contribution in [0.15, 0.2) is 48.5 Å². The molecule has 5 heteroatoms. The van der Waals surface area contributed by atoms with Crippen molar-refractivity contribution in [2.24, 2.45) is 0 Å². The molecule has 0 aromatic heterocycles. The van der Waals surface area contributed by atoms with E-state index in [-0.39, 0.29) is 6.03 Å². The summed E-state index contributed by atoms with van der Waals surface area (Å²) in [4.78, 5) is 13.8. The summed E-state index contributed by atoms with van der Waals surface area (Å²) in [5.41, 5.74) is 2.06. The number of urea groups is 1. The molecule has 0 atom stereocenters. The van der Waals surface area contributed by atoms with Crippen molar-refractivity contribution in [1.82, 2.24) is 10.2 Å². The third kappa shape index (κ3) is 5.18. The second kappa shape index (κ2) is 8.44. The minimum Gasteiger partial charge on any atom is -0.496 e. The maximum absolute atomic E-state index is 12.1. The van der Waals surface area contributed by atoms with Crippen molar-refractivity contribution in [1.29, 1.82) is 0 Å². The van der Waals surface area contributed by atoms with Crippen molar-refractivity contribution in [2.75, 3.05) is 20.7 Å². The normalized spacial score (nSPS) is 10.2. The lowest BCUT2D eigenvalue weighted by Crippen LogP contribution is -2.38. The van der Waals surface area contributed by atoms with Crippen LogP contribution in [-0.2, 0) is 13.0 Å². The van der Waals surface area contributed by atoms with E-state index in [4.69, 9.17) is 16.3 Å². The number of hydrogen-bond donors (Lipinski definition) is 1. The van der Waals surface area contributed by atoms with Gasteiger partial charge in [0, 0.05) is 25.2 Å². The van der Waals surface area contributed by atoms with Crippen LogP contribution in [0.1, 0.15) is 11.1 Å². The standard InChI is InChI=1S/C18H21ClN2O2/c1-21(11-10-15-7-3-4-9-17(15)23-2)18(22)20-13-14-6-5-8-16(19)12-14/h3-9,12H,10-11,13H2,1-2H3,(H,20,22). The largest absolute Gasteiger partial charge is 0.496 e. The summed E-state index contributed by atoms with van der Waals surface area (Å²) in [6, 6.07) is 15.2. The highest BCUT2D eigenvalue weighted by Gasteiger charge is 2.09. The molecule has 0 unspecified atom stereocenters. The second-order valence-electron chi connectivity index (χ2n) is 5.27. The highest BCUT2D eigenvalue weighted by molar-refractivity contribution is 6.30. The summed E-state index contributed by atoms with van der Waals surface area (Å²) in [5.74, 6) is 0.847. The Bertz CT molecular complexity index is 661. The lowest BCUT2D eigenvalue weighted by Gasteiger charge is -2.18. The molecule has 0 fully saturated rings. The average Bonchev–Trinajstić information content (AvgIpc) is 2.57. The Hall–Kier alpha value is -2.20. The number of methoxy groups -OCH3 is 1. The monoisotopic (exact) mass is 332 g/mol. The summed E-state index contributed by atoms with van der Waals surface area (Å²) < 4.78 is 5.32. The van der Waals surface area contributed by atoms with Gasteiger partial charge in [0.15, 0.2) is 0 Å². The van der Waals surface area contributed by atoms with Crippen LogP contribution in [-0.4, -0.2) is 31.6 Å². The molecule has 0 aliphatic carbocycles. The molecule has 2 aromatic rings. The maximum Gasteiger partial charge on any atom is 0.317 e. The number of rotatable bonds is 6. The van der Waals surface area contributed by atoms with Gasteiger partial charge in [-0.3, -0.25) is 0 Å². The van der Waals surface area contributed by atoms with Crippen LogP contribution in [0.5, 0.6) is 5.75 Å². The van der Waals surface area contributed by atoms with Crippen molar-refractivity contribution in [3.05, 3.63) is 64.7 Å². The Kier molecular flexibility index (Phi) is 6.29. The first-order chi connectivity index (χ1) is 11.1. The van der Waals surface area contributed by atoms with Gasteiger partial charge in [-0.15, -0.1) is 0 Å². The van der Waals surface area contributed by atoms with E-state index in [1.54, 1.807) is 19.1 Å². The first-order valence-corrected chi connectivity index (χ1v) is 7.83. The Morgan fingerprint density at radius 2 is 2.00 bits per heavy atom. The summed E-state index contributed by atoms with van der Waals surface area (Å²) in [6.45, 7) is 1.07. The maximum atomic E-state index is 12.1. The Balaban J connectivity index is 1.83. The third-order valence-corrected chi connectivity index (χ3v) is 3.82. The van der Waals surface area contributed by atoms with E-state index in [1.807, 2.05) is 48.5 Å². The summed E-state index contributed by atoms with van der Waals surface area (Å²) in [6.07, 6.45) is 0.741. The number of halogens is 1. The molecule has 0 heterocycles. The molecule has 0 radical (unpaired) electrons. The van der Waals surface area contributed by atoms with Crippen LogP contribution in [0.4, 0.5) is 4.79 Å². The van der Waals surface area contributed by atoms with Gasteiger partial charge in [-0.25, -0.2) is 4.79 Å². The molecule has 122 valence electrons. The summed E-state index contributed by atoms with van der Waals surface area (Å²) >= 11 is 5.93. The van der Waals surface area contributed by atoms with Crippen LogP contribution in [0.3, 0.4) is 0 Å². The quantitative estimate of drug-likeness (QED) is 0.875. The smallest absolute Gasteiger partial charge is 0.317 e. The first kappa shape index (κ1) is 17.2. The Labute approximate surface area is 142 Å². The van der Waals surface area contributed by atoms with E-state index in [1.165, 1.54) is 0 Å². The van der Waals surface area contributed by atoms with Crippen LogP contribution in [0.25, 0.3) is 0 Å². The van der Waals surface area contributed by atoms with Gasteiger partial charge < -0.3 is 15.0 Å². The number of carbonyl (C=O) groups is 1. The van der Waals surface area contributed by atoms with Crippen molar-refractivity contribution >= 4 is 17.6 Å². The lowest BCUT2D eigenvalue weighted by atomic mass is 10.1. The number of likely N-dealkylation sites (N-methyl/N-ethyl adjacent to an activating group) is 1. The van der Waals surface area contributed by atoms with E-state index in [9.17, 15) is 4.79 Å². The molecule has 2 rings (SSSR count). The fourth-order valence-electron chi connectivity index (χ4n) is 2.26. The molecule has 0 spiro atoms. The molecule has 2 aromatic carbocycles. The molecular weight excluding hydrogens is 312 g/mol. The van der Waals surface area contributed by atoms with E-state index in [0.29, 0.717) is 18.1 Å². The zero-order chi connectivity index (χ0) is 16.7. The van der Waals surface area contributed by atoms with Gasteiger partial charge >= 0.3 is 6.03 Å². The Morgan fingerprint density at radius 1 is 1.22 bits per heavy atom. The van der Waals surface area contributed by atoms with Gasteiger partial charge in [-0.05, 0) is 35.7 Å². The summed E-state index contributed by atoms with van der Waals surface area (Å²) in [5, 5.41) is 3.56. The van der Waals surface area contributed by atoms with Gasteiger partial charge in [-0.2, -0.15) is 0 Å². The minimum atomic E-state index is -0.111. The van der Waals surface area contributed by atoms with Gasteiger partial charge in [0.25, 0.3) is 0 Å². The van der Waals surface area contributed by atoms with Gasteiger partial charge in [0.2, 0.25) is 0 Å². The number of ether oxygens (including phenoxy) is 1. The molecule has 0 saturated carbocycles. The molecule has 1 N–H and O–H groups in total.